The molecule has 94 valence electrons. The topological polar surface area (TPSA) is 26.0 Å². The first kappa shape index (κ1) is 12.6. The second kappa shape index (κ2) is 4.13. The van der Waals surface area contributed by atoms with Crippen LogP contribution in [0, 0.1) is 19.3 Å². The van der Waals surface area contributed by atoms with Crippen LogP contribution in [0.25, 0.3) is 0 Å². The standard InChI is InChI=1S/C16H25N/c1-12-5-6-14(11-13(12)2)16(17)9-7-15(3,4)8-10-16/h5-6,11H,7-10,17H2,1-4H3. The van der Waals surface area contributed by atoms with Gasteiger partial charge in [0.05, 0.1) is 0 Å². The highest BCUT2D eigenvalue weighted by Gasteiger charge is 2.36. The zero-order valence-electron chi connectivity index (χ0n) is 11.6. The van der Waals surface area contributed by atoms with Crippen molar-refractivity contribution in [3.63, 3.8) is 0 Å². The minimum absolute atomic E-state index is 0.0893. The fourth-order valence-electron chi connectivity index (χ4n) is 2.71. The Labute approximate surface area is 105 Å². The summed E-state index contributed by atoms with van der Waals surface area (Å²) in [5.74, 6) is 0. The summed E-state index contributed by atoms with van der Waals surface area (Å²) in [5, 5.41) is 0. The van der Waals surface area contributed by atoms with Crippen molar-refractivity contribution in [2.24, 2.45) is 11.1 Å². The molecule has 0 amide bonds. The van der Waals surface area contributed by atoms with Gasteiger partial charge in [0.15, 0.2) is 0 Å². The summed E-state index contributed by atoms with van der Waals surface area (Å²) in [6, 6.07) is 6.72. The van der Waals surface area contributed by atoms with Crippen LogP contribution in [-0.2, 0) is 5.54 Å². The van der Waals surface area contributed by atoms with Crippen LogP contribution < -0.4 is 5.73 Å². The summed E-state index contributed by atoms with van der Waals surface area (Å²) in [6.07, 6.45) is 4.69. The van der Waals surface area contributed by atoms with Gasteiger partial charge in [0, 0.05) is 5.54 Å². The molecule has 0 aliphatic heterocycles. The van der Waals surface area contributed by atoms with E-state index in [0.717, 1.165) is 12.8 Å². The highest BCUT2D eigenvalue weighted by molar-refractivity contribution is 5.34. The Kier molecular flexibility index (Phi) is 3.07. The van der Waals surface area contributed by atoms with Crippen molar-refractivity contribution >= 4 is 0 Å². The third-order valence-corrected chi connectivity index (χ3v) is 4.58. The Bertz CT molecular complexity index is 408. The van der Waals surface area contributed by atoms with E-state index in [1.807, 2.05) is 0 Å². The largest absolute Gasteiger partial charge is 0.321 e. The molecule has 2 N–H and O–H groups in total. The molecule has 0 heterocycles. The number of hydrogen-bond acceptors (Lipinski definition) is 1. The maximum atomic E-state index is 6.62. The lowest BCUT2D eigenvalue weighted by atomic mass is 9.67. The maximum absolute atomic E-state index is 6.62. The molecule has 1 aromatic rings. The van der Waals surface area contributed by atoms with Gasteiger partial charge in [0.1, 0.15) is 0 Å². The lowest BCUT2D eigenvalue weighted by molar-refractivity contribution is 0.165. The maximum Gasteiger partial charge on any atom is 0.0410 e. The van der Waals surface area contributed by atoms with Gasteiger partial charge in [-0.3, -0.25) is 0 Å². The number of benzene rings is 1. The van der Waals surface area contributed by atoms with Crippen molar-refractivity contribution in [2.75, 3.05) is 0 Å². The molecule has 0 atom stereocenters. The van der Waals surface area contributed by atoms with E-state index >= 15 is 0 Å². The molecule has 1 aromatic carbocycles. The Hall–Kier alpha value is -0.820. The number of nitrogens with two attached hydrogens (primary N) is 1. The van der Waals surface area contributed by atoms with Gasteiger partial charge in [-0.2, -0.15) is 0 Å². The van der Waals surface area contributed by atoms with E-state index in [2.05, 4.69) is 45.9 Å². The van der Waals surface area contributed by atoms with E-state index in [9.17, 15) is 0 Å². The van der Waals surface area contributed by atoms with Crippen LogP contribution in [0.15, 0.2) is 18.2 Å². The zero-order chi connectivity index (χ0) is 12.7. The minimum Gasteiger partial charge on any atom is -0.321 e. The Morgan fingerprint density at radius 3 is 2.06 bits per heavy atom. The number of rotatable bonds is 1. The average molecular weight is 231 g/mol. The molecule has 0 saturated heterocycles. The predicted octanol–water partition coefficient (Wildman–Crippen LogP) is 4.06. The molecule has 0 spiro atoms. The highest BCUT2D eigenvalue weighted by atomic mass is 14.8. The van der Waals surface area contributed by atoms with Crippen LogP contribution in [-0.4, -0.2) is 0 Å². The van der Waals surface area contributed by atoms with E-state index in [4.69, 9.17) is 5.73 Å². The molecule has 1 saturated carbocycles. The molecule has 1 heteroatoms. The van der Waals surface area contributed by atoms with E-state index in [1.54, 1.807) is 0 Å². The molecule has 1 aliphatic carbocycles. The Morgan fingerprint density at radius 1 is 0.941 bits per heavy atom. The summed E-state index contributed by atoms with van der Waals surface area (Å²) < 4.78 is 0. The van der Waals surface area contributed by atoms with E-state index in [-0.39, 0.29) is 5.54 Å². The summed E-state index contributed by atoms with van der Waals surface area (Å²) >= 11 is 0. The van der Waals surface area contributed by atoms with Gasteiger partial charge in [0.2, 0.25) is 0 Å². The lowest BCUT2D eigenvalue weighted by Gasteiger charge is -2.41. The van der Waals surface area contributed by atoms with Gasteiger partial charge in [-0.25, -0.2) is 0 Å². The zero-order valence-corrected chi connectivity index (χ0v) is 11.6. The van der Waals surface area contributed by atoms with Gasteiger partial charge in [0.25, 0.3) is 0 Å². The van der Waals surface area contributed by atoms with Gasteiger partial charge in [-0.1, -0.05) is 32.0 Å². The monoisotopic (exact) mass is 231 g/mol. The third kappa shape index (κ3) is 2.55. The lowest BCUT2D eigenvalue weighted by Crippen LogP contribution is -2.42. The van der Waals surface area contributed by atoms with Crippen LogP contribution in [0.1, 0.15) is 56.2 Å². The molecule has 0 radical (unpaired) electrons. The van der Waals surface area contributed by atoms with Crippen LogP contribution in [0.5, 0.6) is 0 Å². The minimum atomic E-state index is -0.0893. The molecular formula is C16H25N. The van der Waals surface area contributed by atoms with E-state index < -0.39 is 0 Å². The first-order valence-electron chi connectivity index (χ1n) is 6.69. The molecule has 17 heavy (non-hydrogen) atoms. The van der Waals surface area contributed by atoms with Crippen molar-refractivity contribution in [3.05, 3.63) is 34.9 Å². The van der Waals surface area contributed by atoms with E-state index in [0.29, 0.717) is 5.41 Å². The molecule has 2 rings (SSSR count). The molecule has 1 aliphatic rings. The van der Waals surface area contributed by atoms with Crippen molar-refractivity contribution < 1.29 is 0 Å². The molecular weight excluding hydrogens is 206 g/mol. The molecule has 0 bridgehead atoms. The Balaban J connectivity index is 2.24. The summed E-state index contributed by atoms with van der Waals surface area (Å²) in [4.78, 5) is 0. The molecule has 0 unspecified atom stereocenters. The van der Waals surface area contributed by atoms with Gasteiger partial charge >= 0.3 is 0 Å². The van der Waals surface area contributed by atoms with Crippen LogP contribution in [0.3, 0.4) is 0 Å². The van der Waals surface area contributed by atoms with Gasteiger partial charge in [-0.05, 0) is 61.6 Å². The smallest absolute Gasteiger partial charge is 0.0410 e. The van der Waals surface area contributed by atoms with Crippen molar-refractivity contribution in [1.82, 2.24) is 0 Å². The summed E-state index contributed by atoms with van der Waals surface area (Å²) in [5.41, 5.74) is 11.0. The molecule has 0 aromatic heterocycles. The average Bonchev–Trinajstić information content (AvgIpc) is 2.27. The second-order valence-corrected chi connectivity index (χ2v) is 6.62. The van der Waals surface area contributed by atoms with Gasteiger partial charge < -0.3 is 5.73 Å². The highest BCUT2D eigenvalue weighted by Crippen LogP contribution is 2.43. The second-order valence-electron chi connectivity index (χ2n) is 6.62. The first-order valence-corrected chi connectivity index (χ1v) is 6.69. The normalized spacial score (nSPS) is 22.4. The van der Waals surface area contributed by atoms with E-state index in [1.165, 1.54) is 29.5 Å². The summed E-state index contributed by atoms with van der Waals surface area (Å²) in [6.45, 7) is 9.04. The van der Waals surface area contributed by atoms with Crippen molar-refractivity contribution in [1.29, 1.82) is 0 Å². The number of hydrogen-bond donors (Lipinski definition) is 1. The predicted molar refractivity (Wildman–Crippen MR) is 74.0 cm³/mol. The summed E-state index contributed by atoms with van der Waals surface area (Å²) in [7, 11) is 0. The first-order chi connectivity index (χ1) is 7.82. The third-order valence-electron chi connectivity index (χ3n) is 4.58. The number of aryl methyl sites for hydroxylation is 2. The molecule has 1 fully saturated rings. The van der Waals surface area contributed by atoms with Gasteiger partial charge in [-0.15, -0.1) is 0 Å². The van der Waals surface area contributed by atoms with Crippen molar-refractivity contribution in [3.8, 4) is 0 Å². The quantitative estimate of drug-likeness (QED) is 0.775. The van der Waals surface area contributed by atoms with Crippen LogP contribution >= 0.6 is 0 Å². The SMILES string of the molecule is Cc1ccc(C2(N)CCC(C)(C)CC2)cc1C. The van der Waals surface area contributed by atoms with Crippen LogP contribution in [0.2, 0.25) is 0 Å². The fraction of sp³-hybridized carbons (Fsp3) is 0.625. The fourth-order valence-corrected chi connectivity index (χ4v) is 2.71. The molecule has 1 nitrogen and oxygen atoms in total. The van der Waals surface area contributed by atoms with Crippen molar-refractivity contribution in [2.45, 2.75) is 58.9 Å². The van der Waals surface area contributed by atoms with Crippen LogP contribution in [0.4, 0.5) is 0 Å². The Morgan fingerprint density at radius 2 is 1.53 bits per heavy atom.